The van der Waals surface area contributed by atoms with E-state index in [0.29, 0.717) is 28.3 Å². The highest BCUT2D eigenvalue weighted by Gasteiger charge is 2.13. The van der Waals surface area contributed by atoms with Crippen LogP contribution in [0.4, 0.5) is 0 Å². The van der Waals surface area contributed by atoms with Crippen molar-refractivity contribution in [2.45, 2.75) is 26.8 Å². The van der Waals surface area contributed by atoms with Crippen LogP contribution in [-0.2, 0) is 6.54 Å². The summed E-state index contributed by atoms with van der Waals surface area (Å²) < 4.78 is 0.711. The van der Waals surface area contributed by atoms with Gasteiger partial charge in [0.1, 0.15) is 0 Å². The van der Waals surface area contributed by atoms with Gasteiger partial charge >= 0.3 is 0 Å². The predicted octanol–water partition coefficient (Wildman–Crippen LogP) is 4.40. The lowest BCUT2D eigenvalue weighted by atomic mass is 10.1. The molecule has 1 aliphatic heterocycles. The second kappa shape index (κ2) is 8.89. The molecule has 24 heavy (non-hydrogen) atoms. The zero-order valence-corrected chi connectivity index (χ0v) is 15.9. The van der Waals surface area contributed by atoms with Crippen LogP contribution in [0.5, 0.6) is 0 Å². The largest absolute Gasteiger partial charge is 0.505 e. The zero-order chi connectivity index (χ0) is 17.5. The molecule has 1 aromatic carbocycles. The molecule has 0 atom stereocenters. The van der Waals surface area contributed by atoms with Gasteiger partial charge in [-0.15, -0.1) is 0 Å². The Morgan fingerprint density at radius 2 is 1.88 bits per heavy atom. The Kier molecular flexibility index (Phi) is 6.87. The first-order valence-corrected chi connectivity index (χ1v) is 8.88. The average molecular weight is 412 g/mol. The Balaban J connectivity index is 0.000000647. The third-order valence-corrected chi connectivity index (χ3v) is 4.13. The first-order chi connectivity index (χ1) is 11.6. The highest BCUT2D eigenvalue weighted by Crippen LogP contribution is 2.23. The van der Waals surface area contributed by atoms with E-state index < -0.39 is 0 Å². The molecule has 3 N–H and O–H groups in total. The van der Waals surface area contributed by atoms with Gasteiger partial charge in [-0.1, -0.05) is 31.9 Å². The number of nitrogens with zero attached hydrogens (tertiary/aromatic N) is 2. The number of halogens is 2. The van der Waals surface area contributed by atoms with Crippen LogP contribution in [0.2, 0.25) is 5.02 Å². The standard InChI is InChI=1S/C14H12BrClN4O.C3H8/c15-9-6-17-7-13(14(9)21)20-5-8-3-11-12(4-10(8)16)19-2-1-18-11;1-3-2/h1-4,7,17,20-21H,5-6H2;3H2,1-2H3. The molecule has 128 valence electrons. The number of fused-ring (bicyclic) bond motifs is 1. The number of nitrogens with one attached hydrogen (secondary N) is 2. The van der Waals surface area contributed by atoms with E-state index in [-0.39, 0.29) is 5.76 Å². The molecule has 0 radical (unpaired) electrons. The van der Waals surface area contributed by atoms with Gasteiger partial charge in [0, 0.05) is 36.7 Å². The van der Waals surface area contributed by atoms with Gasteiger partial charge in [-0.2, -0.15) is 0 Å². The number of aliphatic hydroxyl groups excluding tert-OH is 1. The van der Waals surface area contributed by atoms with Crippen molar-refractivity contribution >= 4 is 38.6 Å². The summed E-state index contributed by atoms with van der Waals surface area (Å²) in [6, 6.07) is 3.68. The Morgan fingerprint density at radius 1 is 1.25 bits per heavy atom. The summed E-state index contributed by atoms with van der Waals surface area (Å²) in [6.07, 6.45) is 6.26. The zero-order valence-electron chi connectivity index (χ0n) is 13.6. The fourth-order valence-electron chi connectivity index (χ4n) is 2.03. The van der Waals surface area contributed by atoms with Crippen molar-refractivity contribution in [2.75, 3.05) is 6.54 Å². The van der Waals surface area contributed by atoms with E-state index in [1.165, 1.54) is 6.42 Å². The molecular formula is C17H20BrClN4O. The molecule has 1 aromatic heterocycles. The van der Waals surface area contributed by atoms with Crippen molar-refractivity contribution in [2.24, 2.45) is 0 Å². The van der Waals surface area contributed by atoms with E-state index >= 15 is 0 Å². The van der Waals surface area contributed by atoms with Crippen LogP contribution >= 0.6 is 27.5 Å². The summed E-state index contributed by atoms with van der Waals surface area (Å²) >= 11 is 9.57. The summed E-state index contributed by atoms with van der Waals surface area (Å²) in [6.45, 7) is 5.30. The van der Waals surface area contributed by atoms with Crippen molar-refractivity contribution in [3.63, 3.8) is 0 Å². The summed E-state index contributed by atoms with van der Waals surface area (Å²) in [5.41, 5.74) is 3.05. The Morgan fingerprint density at radius 3 is 2.54 bits per heavy atom. The predicted molar refractivity (Wildman–Crippen MR) is 102 cm³/mol. The summed E-state index contributed by atoms with van der Waals surface area (Å²) in [5, 5.41) is 16.8. The number of hydrogen-bond acceptors (Lipinski definition) is 5. The first-order valence-electron chi connectivity index (χ1n) is 7.71. The number of dihydropyridines is 1. The molecule has 0 saturated carbocycles. The molecule has 0 unspecified atom stereocenters. The van der Waals surface area contributed by atoms with Crippen molar-refractivity contribution in [1.82, 2.24) is 20.6 Å². The third-order valence-electron chi connectivity index (χ3n) is 3.12. The molecule has 2 aromatic rings. The Bertz CT molecular complexity index is 776. The molecule has 0 saturated heterocycles. The monoisotopic (exact) mass is 410 g/mol. The van der Waals surface area contributed by atoms with Gasteiger partial charge in [-0.25, -0.2) is 0 Å². The molecule has 1 aliphatic rings. The van der Waals surface area contributed by atoms with Crippen LogP contribution < -0.4 is 10.6 Å². The van der Waals surface area contributed by atoms with Crippen LogP contribution in [0.15, 0.2) is 46.7 Å². The van der Waals surface area contributed by atoms with Gasteiger partial charge in [-0.3, -0.25) is 9.97 Å². The normalized spacial score (nSPS) is 13.8. The van der Waals surface area contributed by atoms with Gasteiger partial charge in [0.15, 0.2) is 5.76 Å². The maximum absolute atomic E-state index is 9.96. The van der Waals surface area contributed by atoms with Crippen LogP contribution in [0.25, 0.3) is 11.0 Å². The SMILES string of the molecule is CCC.OC1=C(Br)CNC=C1NCc1cc2nccnc2cc1Cl. The minimum Gasteiger partial charge on any atom is -0.505 e. The molecule has 0 fully saturated rings. The number of rotatable bonds is 3. The Hall–Kier alpha value is -1.79. The molecule has 2 heterocycles. The highest BCUT2D eigenvalue weighted by molar-refractivity contribution is 9.11. The van der Waals surface area contributed by atoms with E-state index in [1.807, 2.05) is 6.07 Å². The number of aliphatic hydroxyl groups is 1. The topological polar surface area (TPSA) is 70.1 Å². The van der Waals surface area contributed by atoms with Crippen LogP contribution in [0.3, 0.4) is 0 Å². The molecule has 5 nitrogen and oxygen atoms in total. The number of aromatic nitrogens is 2. The van der Waals surface area contributed by atoms with E-state index in [9.17, 15) is 5.11 Å². The Labute approximate surface area is 155 Å². The minimum absolute atomic E-state index is 0.199. The van der Waals surface area contributed by atoms with Crippen LogP contribution in [0.1, 0.15) is 25.8 Å². The molecule has 0 aliphatic carbocycles. The van der Waals surface area contributed by atoms with E-state index in [2.05, 4.69) is 50.4 Å². The maximum Gasteiger partial charge on any atom is 0.152 e. The van der Waals surface area contributed by atoms with Gasteiger partial charge in [0.2, 0.25) is 0 Å². The molecular weight excluding hydrogens is 392 g/mol. The lowest BCUT2D eigenvalue weighted by molar-refractivity contribution is 0.405. The van der Waals surface area contributed by atoms with E-state index in [0.717, 1.165) is 16.6 Å². The fraction of sp³-hybridized carbons (Fsp3) is 0.294. The number of benzene rings is 1. The molecule has 7 heteroatoms. The van der Waals surface area contributed by atoms with Crippen LogP contribution in [-0.4, -0.2) is 21.6 Å². The highest BCUT2D eigenvalue weighted by atomic mass is 79.9. The number of hydrogen-bond donors (Lipinski definition) is 3. The van der Waals surface area contributed by atoms with E-state index in [4.69, 9.17) is 11.6 Å². The smallest absolute Gasteiger partial charge is 0.152 e. The van der Waals surface area contributed by atoms with Gasteiger partial charge < -0.3 is 15.7 Å². The average Bonchev–Trinajstić information content (AvgIpc) is 2.57. The van der Waals surface area contributed by atoms with Crippen molar-refractivity contribution < 1.29 is 5.11 Å². The summed E-state index contributed by atoms with van der Waals surface area (Å²) in [4.78, 5) is 8.48. The first kappa shape index (κ1) is 18.5. The van der Waals surface area contributed by atoms with Crippen molar-refractivity contribution in [1.29, 1.82) is 0 Å². The molecule has 0 amide bonds. The molecule has 0 bridgehead atoms. The van der Waals surface area contributed by atoms with Gasteiger partial charge in [0.05, 0.1) is 21.2 Å². The maximum atomic E-state index is 9.96. The lowest BCUT2D eigenvalue weighted by Gasteiger charge is -2.17. The second-order valence-electron chi connectivity index (χ2n) is 5.24. The van der Waals surface area contributed by atoms with Crippen molar-refractivity contribution in [3.8, 4) is 0 Å². The summed E-state index contributed by atoms with van der Waals surface area (Å²) in [7, 11) is 0. The quantitative estimate of drug-likeness (QED) is 0.698. The van der Waals surface area contributed by atoms with Gasteiger partial charge in [0.25, 0.3) is 0 Å². The van der Waals surface area contributed by atoms with Crippen molar-refractivity contribution in [3.05, 3.63) is 57.3 Å². The van der Waals surface area contributed by atoms with Gasteiger partial charge in [-0.05, 0) is 33.6 Å². The van der Waals surface area contributed by atoms with E-state index in [1.54, 1.807) is 24.7 Å². The third kappa shape index (κ3) is 4.61. The lowest BCUT2D eigenvalue weighted by Crippen LogP contribution is -2.24. The fourth-order valence-corrected chi connectivity index (χ4v) is 2.63. The summed E-state index contributed by atoms with van der Waals surface area (Å²) in [5.74, 6) is 0.199. The molecule has 3 rings (SSSR count). The minimum atomic E-state index is 0.199. The second-order valence-corrected chi connectivity index (χ2v) is 6.61. The molecule has 0 spiro atoms. The van der Waals surface area contributed by atoms with Crippen LogP contribution in [0, 0.1) is 0 Å².